The zero-order valence-electron chi connectivity index (χ0n) is 15.7. The van der Waals surface area contributed by atoms with Gasteiger partial charge in [-0.1, -0.05) is 18.2 Å². The van der Waals surface area contributed by atoms with Gasteiger partial charge < -0.3 is 9.72 Å². The van der Waals surface area contributed by atoms with Gasteiger partial charge in [0.15, 0.2) is 0 Å². The van der Waals surface area contributed by atoms with E-state index < -0.39 is 0 Å². The van der Waals surface area contributed by atoms with Crippen LogP contribution < -0.4 is 4.74 Å². The highest BCUT2D eigenvalue weighted by Crippen LogP contribution is 2.42. The maximum atomic E-state index is 9.66. The number of ether oxygens (including phenoxy) is 1. The van der Waals surface area contributed by atoms with Gasteiger partial charge in [0.05, 0.1) is 36.1 Å². The Hall–Kier alpha value is -4.17. The molecule has 0 radical (unpaired) electrons. The molecule has 0 aliphatic heterocycles. The Morgan fingerprint density at radius 1 is 1.00 bits per heavy atom. The van der Waals surface area contributed by atoms with E-state index in [1.165, 1.54) is 0 Å². The summed E-state index contributed by atoms with van der Waals surface area (Å²) in [5, 5.41) is 11.7. The lowest BCUT2D eigenvalue weighted by Gasteiger charge is -2.12. The van der Waals surface area contributed by atoms with Crippen LogP contribution in [0, 0.1) is 11.3 Å². The molecule has 0 saturated heterocycles. The van der Waals surface area contributed by atoms with Crippen molar-refractivity contribution in [2.45, 2.75) is 0 Å². The second-order valence-corrected chi connectivity index (χ2v) is 6.70. The topological polar surface area (TPSA) is 74.6 Å². The predicted molar refractivity (Wildman–Crippen MR) is 114 cm³/mol. The van der Waals surface area contributed by atoms with Crippen molar-refractivity contribution in [3.63, 3.8) is 0 Å². The molecule has 5 aromatic rings. The molecule has 0 aliphatic carbocycles. The first-order valence-corrected chi connectivity index (χ1v) is 9.18. The first-order chi connectivity index (χ1) is 14.3. The van der Waals surface area contributed by atoms with Crippen molar-refractivity contribution in [2.24, 2.45) is 0 Å². The summed E-state index contributed by atoms with van der Waals surface area (Å²) in [7, 11) is 1.65. The van der Waals surface area contributed by atoms with Crippen LogP contribution >= 0.6 is 0 Å². The van der Waals surface area contributed by atoms with Crippen molar-refractivity contribution in [1.29, 1.82) is 5.26 Å². The first kappa shape index (κ1) is 17.0. The number of nitrogens with zero attached hydrogens (tertiary/aromatic N) is 3. The molecule has 0 bridgehead atoms. The van der Waals surface area contributed by atoms with Gasteiger partial charge in [-0.15, -0.1) is 0 Å². The summed E-state index contributed by atoms with van der Waals surface area (Å²) in [6, 6.07) is 19.8. The van der Waals surface area contributed by atoms with E-state index in [1.54, 1.807) is 19.5 Å². The van der Waals surface area contributed by atoms with Crippen LogP contribution in [-0.2, 0) is 0 Å². The Balaban J connectivity index is 1.89. The number of nitrogens with one attached hydrogen (secondary N) is 1. The molecular formula is C24H16N4O. The lowest BCUT2D eigenvalue weighted by atomic mass is 9.94. The van der Waals surface area contributed by atoms with Gasteiger partial charge in [0, 0.05) is 45.4 Å². The van der Waals surface area contributed by atoms with Crippen molar-refractivity contribution >= 4 is 21.8 Å². The van der Waals surface area contributed by atoms with Gasteiger partial charge in [-0.3, -0.25) is 9.97 Å². The minimum Gasteiger partial charge on any atom is -0.496 e. The molecule has 5 nitrogen and oxygen atoms in total. The van der Waals surface area contributed by atoms with E-state index in [9.17, 15) is 5.26 Å². The van der Waals surface area contributed by atoms with Crippen molar-refractivity contribution in [2.75, 3.05) is 7.11 Å². The Kier molecular flexibility index (Phi) is 3.96. The van der Waals surface area contributed by atoms with E-state index in [4.69, 9.17) is 4.74 Å². The predicted octanol–water partition coefficient (Wildman–Crippen LogP) is 5.33. The lowest BCUT2D eigenvalue weighted by Crippen LogP contribution is -1.91. The van der Waals surface area contributed by atoms with Gasteiger partial charge in [0.1, 0.15) is 5.75 Å². The minimum atomic E-state index is 0.606. The normalized spacial score (nSPS) is 10.9. The molecule has 0 fully saturated rings. The van der Waals surface area contributed by atoms with Crippen LogP contribution in [0.5, 0.6) is 5.75 Å². The fourth-order valence-corrected chi connectivity index (χ4v) is 3.78. The van der Waals surface area contributed by atoms with Gasteiger partial charge in [-0.25, -0.2) is 0 Å². The molecule has 0 saturated carbocycles. The zero-order chi connectivity index (χ0) is 19.8. The average Bonchev–Trinajstić information content (AvgIpc) is 3.17. The highest BCUT2D eigenvalue weighted by Gasteiger charge is 2.18. The SMILES string of the molecule is COc1ccc2[nH]c3cnc(-c4cccnc4)cc3c2c1-c1ccccc1C#N. The third-order valence-corrected chi connectivity index (χ3v) is 5.10. The number of aromatic amines is 1. The van der Waals surface area contributed by atoms with Gasteiger partial charge in [0.25, 0.3) is 0 Å². The number of benzene rings is 2. The molecule has 5 heteroatoms. The molecule has 0 amide bonds. The summed E-state index contributed by atoms with van der Waals surface area (Å²) in [6.45, 7) is 0. The van der Waals surface area contributed by atoms with E-state index in [2.05, 4.69) is 27.1 Å². The Labute approximate surface area is 167 Å². The van der Waals surface area contributed by atoms with Crippen LogP contribution in [0.2, 0.25) is 0 Å². The molecule has 2 aromatic carbocycles. The van der Waals surface area contributed by atoms with Crippen LogP contribution in [0.15, 0.2) is 73.2 Å². The number of fused-ring (bicyclic) bond motifs is 3. The molecule has 138 valence electrons. The smallest absolute Gasteiger partial charge is 0.127 e. The summed E-state index contributed by atoms with van der Waals surface area (Å²) in [6.07, 6.45) is 5.38. The van der Waals surface area contributed by atoms with Crippen LogP contribution in [0.3, 0.4) is 0 Å². The van der Waals surface area contributed by atoms with E-state index in [0.717, 1.165) is 49.9 Å². The Bertz CT molecular complexity index is 1400. The number of pyridine rings is 2. The molecule has 0 atom stereocenters. The first-order valence-electron chi connectivity index (χ1n) is 9.18. The summed E-state index contributed by atoms with van der Waals surface area (Å²) in [5.41, 5.74) is 6.04. The minimum absolute atomic E-state index is 0.606. The molecule has 3 aromatic heterocycles. The van der Waals surface area contributed by atoms with Crippen LogP contribution in [0.25, 0.3) is 44.2 Å². The molecule has 0 unspecified atom stereocenters. The monoisotopic (exact) mass is 376 g/mol. The Morgan fingerprint density at radius 2 is 1.90 bits per heavy atom. The largest absolute Gasteiger partial charge is 0.496 e. The number of hydrogen-bond acceptors (Lipinski definition) is 4. The third-order valence-electron chi connectivity index (χ3n) is 5.10. The summed E-state index contributed by atoms with van der Waals surface area (Å²) < 4.78 is 5.69. The summed E-state index contributed by atoms with van der Waals surface area (Å²) >= 11 is 0. The number of nitriles is 1. The lowest BCUT2D eigenvalue weighted by molar-refractivity contribution is 0.417. The maximum absolute atomic E-state index is 9.66. The molecule has 1 N–H and O–H groups in total. The average molecular weight is 376 g/mol. The number of hydrogen-bond donors (Lipinski definition) is 1. The number of rotatable bonds is 3. The van der Waals surface area contributed by atoms with Gasteiger partial charge in [-0.05, 0) is 36.4 Å². The second-order valence-electron chi connectivity index (χ2n) is 6.70. The van der Waals surface area contributed by atoms with E-state index in [1.807, 2.05) is 54.7 Å². The quantitative estimate of drug-likeness (QED) is 0.462. The molecule has 29 heavy (non-hydrogen) atoms. The number of H-pyrrole nitrogens is 1. The summed E-state index contributed by atoms with van der Waals surface area (Å²) in [5.74, 6) is 0.723. The maximum Gasteiger partial charge on any atom is 0.127 e. The molecule has 0 aliphatic rings. The van der Waals surface area contributed by atoms with Gasteiger partial charge in [0.2, 0.25) is 0 Å². The van der Waals surface area contributed by atoms with Crippen molar-refractivity contribution < 1.29 is 4.74 Å². The van der Waals surface area contributed by atoms with Crippen LogP contribution in [0.4, 0.5) is 0 Å². The Morgan fingerprint density at radius 3 is 2.69 bits per heavy atom. The summed E-state index contributed by atoms with van der Waals surface area (Å²) in [4.78, 5) is 12.2. The standard InChI is InChI=1S/C24H16N4O/c1-29-22-9-8-19-23(24(22)17-7-3-2-5-15(17)12-25)18-11-20(27-14-21(18)28-19)16-6-4-10-26-13-16/h2-11,13-14,28H,1H3. The van der Waals surface area contributed by atoms with Gasteiger partial charge in [-0.2, -0.15) is 5.26 Å². The van der Waals surface area contributed by atoms with Crippen LogP contribution in [0.1, 0.15) is 5.56 Å². The molecular weight excluding hydrogens is 360 g/mol. The molecule has 3 heterocycles. The highest BCUT2D eigenvalue weighted by molar-refractivity contribution is 6.16. The van der Waals surface area contributed by atoms with Crippen molar-refractivity contribution in [3.05, 3.63) is 78.8 Å². The fourth-order valence-electron chi connectivity index (χ4n) is 3.78. The molecule has 5 rings (SSSR count). The van der Waals surface area contributed by atoms with Crippen molar-refractivity contribution in [1.82, 2.24) is 15.0 Å². The second kappa shape index (κ2) is 6.77. The van der Waals surface area contributed by atoms with E-state index >= 15 is 0 Å². The van der Waals surface area contributed by atoms with Crippen molar-refractivity contribution in [3.8, 4) is 34.2 Å². The number of aromatic nitrogens is 3. The van der Waals surface area contributed by atoms with Crippen LogP contribution in [-0.4, -0.2) is 22.1 Å². The van der Waals surface area contributed by atoms with E-state index in [-0.39, 0.29) is 0 Å². The highest BCUT2D eigenvalue weighted by atomic mass is 16.5. The number of methoxy groups -OCH3 is 1. The van der Waals surface area contributed by atoms with Gasteiger partial charge >= 0.3 is 0 Å². The fraction of sp³-hybridized carbons (Fsp3) is 0.0417. The zero-order valence-corrected chi connectivity index (χ0v) is 15.7. The molecule has 0 spiro atoms. The third kappa shape index (κ3) is 2.70. The van der Waals surface area contributed by atoms with E-state index in [0.29, 0.717) is 5.56 Å².